The number of aryl methyl sites for hydroxylation is 2. The molecule has 0 fully saturated rings. The van der Waals surface area contributed by atoms with Crippen LogP contribution in [0.2, 0.25) is 0 Å². The monoisotopic (exact) mass is 379 g/mol. The summed E-state index contributed by atoms with van der Waals surface area (Å²) >= 11 is 1.64. The predicted octanol–water partition coefficient (Wildman–Crippen LogP) is 3.31. The van der Waals surface area contributed by atoms with Gasteiger partial charge in [0, 0.05) is 16.6 Å². The third kappa shape index (κ3) is 2.62. The van der Waals surface area contributed by atoms with Crippen molar-refractivity contribution in [3.05, 3.63) is 57.0 Å². The van der Waals surface area contributed by atoms with Gasteiger partial charge in [0.1, 0.15) is 11.4 Å². The van der Waals surface area contributed by atoms with Crippen molar-refractivity contribution in [3.8, 4) is 0 Å². The van der Waals surface area contributed by atoms with Gasteiger partial charge in [0.2, 0.25) is 5.91 Å². The lowest BCUT2D eigenvalue weighted by molar-refractivity contribution is -0.119. The molecule has 3 heterocycles. The summed E-state index contributed by atoms with van der Waals surface area (Å²) in [4.78, 5) is 34.6. The molecule has 3 aromatic rings. The molecular formula is C21H21N3O2S. The van der Waals surface area contributed by atoms with Gasteiger partial charge in [0.25, 0.3) is 5.56 Å². The van der Waals surface area contributed by atoms with Crippen molar-refractivity contribution in [1.29, 1.82) is 0 Å². The van der Waals surface area contributed by atoms with Crippen molar-refractivity contribution in [2.45, 2.75) is 51.6 Å². The number of hydrogen-bond donors (Lipinski definition) is 0. The quantitative estimate of drug-likeness (QED) is 0.686. The van der Waals surface area contributed by atoms with Gasteiger partial charge in [0.05, 0.1) is 11.7 Å². The number of para-hydroxylation sites is 1. The minimum Gasteiger partial charge on any atom is -0.307 e. The van der Waals surface area contributed by atoms with E-state index in [1.807, 2.05) is 23.1 Å². The van der Waals surface area contributed by atoms with Gasteiger partial charge in [-0.3, -0.25) is 14.2 Å². The van der Waals surface area contributed by atoms with Gasteiger partial charge in [-0.1, -0.05) is 18.2 Å². The maximum absolute atomic E-state index is 13.1. The summed E-state index contributed by atoms with van der Waals surface area (Å²) in [5.74, 6) is -0.0557. The summed E-state index contributed by atoms with van der Waals surface area (Å²) in [6.45, 7) is 2.09. The van der Waals surface area contributed by atoms with Crippen molar-refractivity contribution < 1.29 is 4.79 Å². The normalized spacial score (nSPS) is 18.6. The largest absolute Gasteiger partial charge is 0.307 e. The van der Waals surface area contributed by atoms with Crippen LogP contribution in [0.15, 0.2) is 35.4 Å². The van der Waals surface area contributed by atoms with Crippen LogP contribution in [0.4, 0.5) is 5.69 Å². The van der Waals surface area contributed by atoms with Crippen molar-refractivity contribution in [1.82, 2.24) is 9.55 Å². The number of anilines is 1. The Hall–Kier alpha value is -2.47. The predicted molar refractivity (Wildman–Crippen MR) is 108 cm³/mol. The van der Waals surface area contributed by atoms with Crippen LogP contribution < -0.4 is 10.5 Å². The Kier molecular flexibility index (Phi) is 3.90. The lowest BCUT2D eigenvalue weighted by Gasteiger charge is -2.23. The van der Waals surface area contributed by atoms with E-state index < -0.39 is 0 Å². The van der Waals surface area contributed by atoms with Crippen LogP contribution in [-0.2, 0) is 30.6 Å². The maximum Gasteiger partial charge on any atom is 0.262 e. The molecule has 0 spiro atoms. The van der Waals surface area contributed by atoms with Gasteiger partial charge in [-0.2, -0.15) is 0 Å². The SMILES string of the molecule is CC1Cc2ccccc2N1C(=O)Cn1cnc2sc3c(c2c1=O)CCCC3. The first-order valence-corrected chi connectivity index (χ1v) is 10.3. The molecule has 1 aromatic carbocycles. The molecule has 1 aliphatic heterocycles. The molecule has 2 aliphatic rings. The topological polar surface area (TPSA) is 55.2 Å². The van der Waals surface area contributed by atoms with Crippen molar-refractivity contribution in [2.24, 2.45) is 0 Å². The second-order valence-corrected chi connectivity index (χ2v) is 8.60. The fourth-order valence-corrected chi connectivity index (χ4v) is 5.68. The maximum atomic E-state index is 13.1. The van der Waals surface area contributed by atoms with Gasteiger partial charge in [-0.05, 0) is 56.2 Å². The van der Waals surface area contributed by atoms with E-state index in [9.17, 15) is 9.59 Å². The Morgan fingerprint density at radius 1 is 1.26 bits per heavy atom. The minimum absolute atomic E-state index is 0.0328. The van der Waals surface area contributed by atoms with E-state index in [1.54, 1.807) is 11.3 Å². The molecule has 6 heteroatoms. The molecule has 2 aromatic heterocycles. The third-order valence-electron chi connectivity index (χ3n) is 5.72. The number of carbonyl (C=O) groups is 1. The summed E-state index contributed by atoms with van der Waals surface area (Å²) in [5, 5.41) is 0.736. The van der Waals surface area contributed by atoms with Gasteiger partial charge >= 0.3 is 0 Å². The van der Waals surface area contributed by atoms with E-state index >= 15 is 0 Å². The van der Waals surface area contributed by atoms with Crippen LogP contribution in [0.1, 0.15) is 35.8 Å². The standard InChI is InChI=1S/C21H21N3O2S/c1-13-10-14-6-2-4-8-16(14)24(13)18(25)11-23-12-22-20-19(21(23)26)15-7-3-5-9-17(15)27-20/h2,4,6,8,12-13H,3,5,7,9-11H2,1H3. The van der Waals surface area contributed by atoms with Crippen molar-refractivity contribution in [2.75, 3.05) is 4.90 Å². The molecule has 0 bridgehead atoms. The second kappa shape index (κ2) is 6.30. The van der Waals surface area contributed by atoms with Gasteiger partial charge in [-0.15, -0.1) is 11.3 Å². The molecule has 1 atom stereocenters. The van der Waals surface area contributed by atoms with Gasteiger partial charge < -0.3 is 4.90 Å². The van der Waals surface area contributed by atoms with Crippen LogP contribution >= 0.6 is 11.3 Å². The molecule has 0 radical (unpaired) electrons. The average molecular weight is 379 g/mol. The number of amides is 1. The van der Waals surface area contributed by atoms with Gasteiger partial charge in [0.15, 0.2) is 0 Å². The lowest BCUT2D eigenvalue weighted by Crippen LogP contribution is -2.40. The first-order chi connectivity index (χ1) is 13.1. The molecule has 0 N–H and O–H groups in total. The Labute approximate surface area is 161 Å². The number of hydrogen-bond acceptors (Lipinski definition) is 4. The van der Waals surface area contributed by atoms with Crippen molar-refractivity contribution in [3.63, 3.8) is 0 Å². The molecule has 138 valence electrons. The molecule has 1 unspecified atom stereocenters. The number of carbonyl (C=O) groups excluding carboxylic acids is 1. The van der Waals surface area contributed by atoms with E-state index in [-0.39, 0.29) is 24.1 Å². The molecule has 0 saturated heterocycles. The number of thiophene rings is 1. The Bertz CT molecular complexity index is 1110. The number of benzene rings is 1. The Balaban J connectivity index is 1.51. The highest BCUT2D eigenvalue weighted by Gasteiger charge is 2.31. The molecule has 1 amide bonds. The zero-order valence-corrected chi connectivity index (χ0v) is 16.1. The summed E-state index contributed by atoms with van der Waals surface area (Å²) in [6, 6.07) is 8.11. The summed E-state index contributed by atoms with van der Waals surface area (Å²) in [7, 11) is 0. The average Bonchev–Trinajstić information content (AvgIpc) is 3.21. The first kappa shape index (κ1) is 16.7. The fourth-order valence-electron chi connectivity index (χ4n) is 4.46. The summed E-state index contributed by atoms with van der Waals surface area (Å²) in [5.41, 5.74) is 3.24. The first-order valence-electron chi connectivity index (χ1n) is 9.53. The molecular weight excluding hydrogens is 358 g/mol. The number of fused-ring (bicyclic) bond motifs is 4. The van der Waals surface area contributed by atoms with E-state index in [2.05, 4.69) is 18.0 Å². The molecule has 5 nitrogen and oxygen atoms in total. The lowest BCUT2D eigenvalue weighted by atomic mass is 9.97. The van der Waals surface area contributed by atoms with E-state index in [0.717, 1.165) is 41.6 Å². The number of nitrogens with zero attached hydrogens (tertiary/aromatic N) is 3. The number of aromatic nitrogens is 2. The molecule has 0 saturated carbocycles. The molecule has 5 rings (SSSR count). The fraction of sp³-hybridized carbons (Fsp3) is 0.381. The van der Waals surface area contributed by atoms with Crippen LogP contribution in [0.25, 0.3) is 10.2 Å². The Morgan fingerprint density at radius 3 is 2.96 bits per heavy atom. The minimum atomic E-state index is -0.0760. The van der Waals surface area contributed by atoms with E-state index in [1.165, 1.54) is 33.3 Å². The van der Waals surface area contributed by atoms with Crippen LogP contribution in [0, 0.1) is 0 Å². The van der Waals surface area contributed by atoms with Crippen LogP contribution in [0.3, 0.4) is 0 Å². The number of rotatable bonds is 2. The third-order valence-corrected chi connectivity index (χ3v) is 6.92. The highest BCUT2D eigenvalue weighted by Crippen LogP contribution is 2.34. The van der Waals surface area contributed by atoms with Crippen LogP contribution in [-0.4, -0.2) is 21.5 Å². The second-order valence-electron chi connectivity index (χ2n) is 7.51. The van der Waals surface area contributed by atoms with Gasteiger partial charge in [-0.25, -0.2) is 4.98 Å². The highest BCUT2D eigenvalue weighted by molar-refractivity contribution is 7.18. The van der Waals surface area contributed by atoms with E-state index in [0.29, 0.717) is 0 Å². The smallest absolute Gasteiger partial charge is 0.262 e. The van der Waals surface area contributed by atoms with Crippen LogP contribution in [0.5, 0.6) is 0 Å². The van der Waals surface area contributed by atoms with Crippen molar-refractivity contribution >= 4 is 33.1 Å². The zero-order chi connectivity index (χ0) is 18.5. The Morgan fingerprint density at radius 2 is 2.07 bits per heavy atom. The van der Waals surface area contributed by atoms with E-state index in [4.69, 9.17) is 0 Å². The summed E-state index contributed by atoms with van der Waals surface area (Å²) < 4.78 is 1.49. The molecule has 27 heavy (non-hydrogen) atoms. The zero-order valence-electron chi connectivity index (χ0n) is 15.3. The highest BCUT2D eigenvalue weighted by atomic mass is 32.1. The summed E-state index contributed by atoms with van der Waals surface area (Å²) in [6.07, 6.45) is 6.67. The molecule has 1 aliphatic carbocycles.